The molecule has 0 saturated heterocycles. The summed E-state index contributed by atoms with van der Waals surface area (Å²) in [5.41, 5.74) is 1.95. The molecule has 3 aromatic carbocycles. The second-order valence-corrected chi connectivity index (χ2v) is 6.53. The van der Waals surface area contributed by atoms with Crippen LogP contribution in [0.3, 0.4) is 0 Å². The van der Waals surface area contributed by atoms with Gasteiger partial charge in [0.25, 0.3) is 5.91 Å². The Morgan fingerprint density at radius 3 is 2.37 bits per heavy atom. The highest BCUT2D eigenvalue weighted by atomic mass is 16.5. The molecule has 0 fully saturated rings. The molecule has 0 bridgehead atoms. The topological polar surface area (TPSA) is 93.3 Å². The number of hydrogen-bond acceptors (Lipinski definition) is 5. The minimum Gasteiger partial charge on any atom is -0.497 e. The lowest BCUT2D eigenvalue weighted by molar-refractivity contribution is -0.125. The Bertz CT molecular complexity index is 1170. The molecule has 150 valence electrons. The summed E-state index contributed by atoms with van der Waals surface area (Å²) in [6.45, 7) is 0. The van der Waals surface area contributed by atoms with Crippen LogP contribution in [-0.2, 0) is 9.53 Å². The minimum atomic E-state index is -1.14. The summed E-state index contributed by atoms with van der Waals surface area (Å²) >= 11 is 0. The second kappa shape index (κ2) is 8.48. The molecule has 0 saturated carbocycles. The molecule has 7 heteroatoms. The third kappa shape index (κ3) is 4.00. The molecule has 1 amide bonds. The number of nitrogens with zero attached hydrogens (tertiary/aromatic N) is 1. The predicted octanol–water partition coefficient (Wildman–Crippen LogP) is 4.11. The van der Waals surface area contributed by atoms with Gasteiger partial charge in [-0.1, -0.05) is 48.5 Å². The monoisotopic (exact) mass is 401 g/mol. The lowest BCUT2D eigenvalue weighted by Gasteiger charge is -2.18. The third-order valence-electron chi connectivity index (χ3n) is 4.59. The number of hydrogen-bond donors (Lipinski definition) is 2. The van der Waals surface area contributed by atoms with Gasteiger partial charge in [0, 0.05) is 16.6 Å². The van der Waals surface area contributed by atoms with E-state index in [9.17, 15) is 9.59 Å². The van der Waals surface area contributed by atoms with E-state index in [4.69, 9.17) is 9.47 Å². The summed E-state index contributed by atoms with van der Waals surface area (Å²) in [4.78, 5) is 25.8. The molecule has 0 radical (unpaired) electrons. The number of benzene rings is 3. The first-order chi connectivity index (χ1) is 14.7. The van der Waals surface area contributed by atoms with Crippen molar-refractivity contribution in [3.05, 3.63) is 90.1 Å². The van der Waals surface area contributed by atoms with E-state index in [1.807, 2.05) is 18.2 Å². The van der Waals surface area contributed by atoms with Gasteiger partial charge in [0.1, 0.15) is 5.75 Å². The Kier molecular flexibility index (Phi) is 5.43. The molecule has 1 aromatic heterocycles. The first-order valence-corrected chi connectivity index (χ1v) is 9.29. The zero-order valence-corrected chi connectivity index (χ0v) is 16.2. The Balaban J connectivity index is 1.59. The SMILES string of the molecule is COc1ccc(NC(=O)C(OC(=O)c2n[nH]c3ccccc23)c2ccccc2)cc1. The Morgan fingerprint density at radius 1 is 0.933 bits per heavy atom. The number of fused-ring (bicyclic) bond motifs is 1. The minimum absolute atomic E-state index is 0.128. The number of esters is 1. The maximum atomic E-state index is 13.0. The number of anilines is 1. The Morgan fingerprint density at radius 2 is 1.63 bits per heavy atom. The summed E-state index contributed by atoms with van der Waals surface area (Å²) in [6, 6.07) is 22.9. The smallest absolute Gasteiger partial charge is 0.360 e. The van der Waals surface area contributed by atoms with Gasteiger partial charge in [-0.3, -0.25) is 9.89 Å². The van der Waals surface area contributed by atoms with Crippen LogP contribution in [-0.4, -0.2) is 29.2 Å². The predicted molar refractivity (Wildman–Crippen MR) is 112 cm³/mol. The van der Waals surface area contributed by atoms with E-state index in [1.165, 1.54) is 0 Å². The van der Waals surface area contributed by atoms with Gasteiger partial charge in [-0.25, -0.2) is 4.79 Å². The van der Waals surface area contributed by atoms with Crippen LogP contribution in [0.25, 0.3) is 10.9 Å². The molecular formula is C23H19N3O4. The number of ether oxygens (including phenoxy) is 2. The van der Waals surface area contributed by atoms with Crippen LogP contribution in [0.1, 0.15) is 22.2 Å². The first kappa shape index (κ1) is 19.2. The molecule has 0 aliphatic rings. The van der Waals surface area contributed by atoms with E-state index in [1.54, 1.807) is 67.8 Å². The van der Waals surface area contributed by atoms with Crippen LogP contribution in [0.5, 0.6) is 5.75 Å². The van der Waals surface area contributed by atoms with Crippen molar-refractivity contribution in [1.82, 2.24) is 10.2 Å². The van der Waals surface area contributed by atoms with Crippen molar-refractivity contribution in [2.45, 2.75) is 6.10 Å². The molecule has 0 aliphatic carbocycles. The van der Waals surface area contributed by atoms with Gasteiger partial charge >= 0.3 is 5.97 Å². The number of amides is 1. The van der Waals surface area contributed by atoms with Crippen molar-refractivity contribution in [3.63, 3.8) is 0 Å². The van der Waals surface area contributed by atoms with Crippen molar-refractivity contribution in [1.29, 1.82) is 0 Å². The van der Waals surface area contributed by atoms with Crippen LogP contribution >= 0.6 is 0 Å². The summed E-state index contributed by atoms with van der Waals surface area (Å²) in [6.07, 6.45) is -1.14. The number of methoxy groups -OCH3 is 1. The van der Waals surface area contributed by atoms with Gasteiger partial charge in [0.2, 0.25) is 6.10 Å². The molecule has 2 N–H and O–H groups in total. The number of para-hydroxylation sites is 1. The summed E-state index contributed by atoms with van der Waals surface area (Å²) in [5, 5.41) is 10.3. The largest absolute Gasteiger partial charge is 0.497 e. The molecule has 1 unspecified atom stereocenters. The number of aromatic nitrogens is 2. The van der Waals surface area contributed by atoms with Crippen molar-refractivity contribution in [2.75, 3.05) is 12.4 Å². The van der Waals surface area contributed by atoms with Crippen LogP contribution in [0.4, 0.5) is 5.69 Å². The highest BCUT2D eigenvalue weighted by Crippen LogP contribution is 2.24. The number of nitrogens with one attached hydrogen (secondary N) is 2. The molecule has 1 heterocycles. The molecule has 1 atom stereocenters. The molecular weight excluding hydrogens is 382 g/mol. The molecule has 0 aliphatic heterocycles. The zero-order valence-electron chi connectivity index (χ0n) is 16.2. The fraction of sp³-hybridized carbons (Fsp3) is 0.0870. The lowest BCUT2D eigenvalue weighted by atomic mass is 10.1. The van der Waals surface area contributed by atoms with Crippen molar-refractivity contribution in [3.8, 4) is 5.75 Å². The molecule has 0 spiro atoms. The fourth-order valence-electron chi connectivity index (χ4n) is 3.06. The van der Waals surface area contributed by atoms with Gasteiger partial charge in [-0.2, -0.15) is 5.10 Å². The summed E-state index contributed by atoms with van der Waals surface area (Å²) in [7, 11) is 1.57. The fourth-order valence-corrected chi connectivity index (χ4v) is 3.06. The van der Waals surface area contributed by atoms with Crippen LogP contribution in [0, 0.1) is 0 Å². The third-order valence-corrected chi connectivity index (χ3v) is 4.59. The van der Waals surface area contributed by atoms with Gasteiger partial charge in [0.05, 0.1) is 12.6 Å². The van der Waals surface area contributed by atoms with E-state index in [2.05, 4.69) is 15.5 Å². The normalized spacial score (nSPS) is 11.6. The lowest BCUT2D eigenvalue weighted by Crippen LogP contribution is -2.26. The number of H-pyrrole nitrogens is 1. The highest BCUT2D eigenvalue weighted by molar-refractivity contribution is 6.03. The Labute approximate surface area is 172 Å². The Hall–Kier alpha value is -4.13. The summed E-state index contributed by atoms with van der Waals surface area (Å²) < 4.78 is 10.7. The van der Waals surface area contributed by atoms with Crippen molar-refractivity contribution < 1.29 is 19.1 Å². The van der Waals surface area contributed by atoms with E-state index in [0.717, 1.165) is 0 Å². The van der Waals surface area contributed by atoms with E-state index in [-0.39, 0.29) is 5.69 Å². The molecule has 4 rings (SSSR count). The standard InChI is InChI=1S/C23H19N3O4/c1-29-17-13-11-16(12-14-17)24-22(27)21(15-7-3-2-4-8-15)30-23(28)20-18-9-5-6-10-19(18)25-26-20/h2-14,21H,1H3,(H,24,27)(H,25,26). The first-order valence-electron chi connectivity index (χ1n) is 9.29. The number of carbonyl (C=O) groups excluding carboxylic acids is 2. The number of rotatable bonds is 6. The second-order valence-electron chi connectivity index (χ2n) is 6.53. The van der Waals surface area contributed by atoms with Crippen LogP contribution < -0.4 is 10.1 Å². The maximum absolute atomic E-state index is 13.0. The van der Waals surface area contributed by atoms with E-state index < -0.39 is 18.0 Å². The molecule has 4 aromatic rings. The van der Waals surface area contributed by atoms with Crippen LogP contribution in [0.15, 0.2) is 78.9 Å². The average molecular weight is 401 g/mol. The van der Waals surface area contributed by atoms with E-state index >= 15 is 0 Å². The molecule has 30 heavy (non-hydrogen) atoms. The average Bonchev–Trinajstić information content (AvgIpc) is 3.23. The quantitative estimate of drug-likeness (QED) is 0.474. The van der Waals surface area contributed by atoms with E-state index in [0.29, 0.717) is 27.9 Å². The number of aromatic amines is 1. The van der Waals surface area contributed by atoms with Crippen molar-refractivity contribution in [2.24, 2.45) is 0 Å². The molecule has 7 nitrogen and oxygen atoms in total. The number of carbonyl (C=O) groups is 2. The highest BCUT2D eigenvalue weighted by Gasteiger charge is 2.27. The zero-order chi connectivity index (χ0) is 20.9. The maximum Gasteiger partial charge on any atom is 0.360 e. The van der Waals surface area contributed by atoms with Gasteiger partial charge < -0.3 is 14.8 Å². The van der Waals surface area contributed by atoms with Gasteiger partial charge in [-0.15, -0.1) is 0 Å². The summed E-state index contributed by atoms with van der Waals surface area (Å²) in [5.74, 6) is -0.491. The van der Waals surface area contributed by atoms with Gasteiger partial charge in [0.15, 0.2) is 5.69 Å². The van der Waals surface area contributed by atoms with Gasteiger partial charge in [-0.05, 0) is 30.3 Å². The van der Waals surface area contributed by atoms with Crippen LogP contribution in [0.2, 0.25) is 0 Å². The van der Waals surface area contributed by atoms with Crippen molar-refractivity contribution >= 4 is 28.5 Å².